The number of aliphatic hydroxyl groups excluding tert-OH is 1. The van der Waals surface area contributed by atoms with Gasteiger partial charge in [-0.3, -0.25) is 9.36 Å². The van der Waals surface area contributed by atoms with E-state index in [4.69, 9.17) is 20.9 Å². The summed E-state index contributed by atoms with van der Waals surface area (Å²) in [4.78, 5) is 34.5. The fraction of sp³-hybridized carbons (Fsp3) is 0.500. The van der Waals surface area contributed by atoms with E-state index in [0.717, 1.165) is 30.8 Å². The SMILES string of the molecule is CC(C)N1CCC(NC(=O)Oc2nc(C(=O)N3CC(O)C3)cn2Cc2cc(-c3ccc(Cl)s3)on2)CC1. The topological polar surface area (TPSA) is 126 Å². The van der Waals surface area contributed by atoms with Crippen LogP contribution in [0.1, 0.15) is 42.9 Å². The maximum absolute atomic E-state index is 12.8. The molecule has 3 aromatic rings. The molecule has 2 N–H and O–H groups in total. The van der Waals surface area contributed by atoms with Gasteiger partial charge < -0.3 is 29.5 Å². The number of aromatic nitrogens is 3. The highest BCUT2D eigenvalue weighted by Crippen LogP contribution is 2.31. The van der Waals surface area contributed by atoms with Gasteiger partial charge in [-0.2, -0.15) is 4.98 Å². The minimum absolute atomic E-state index is 0.00492. The van der Waals surface area contributed by atoms with Crippen LogP contribution in [0, 0.1) is 0 Å². The summed E-state index contributed by atoms with van der Waals surface area (Å²) >= 11 is 7.40. The fourth-order valence-electron chi connectivity index (χ4n) is 4.44. The molecule has 198 valence electrons. The van der Waals surface area contributed by atoms with Gasteiger partial charge in [0, 0.05) is 50.5 Å². The number of nitrogens with one attached hydrogen (secondary N) is 1. The molecule has 5 heterocycles. The Morgan fingerprint density at radius 2 is 2.05 bits per heavy atom. The van der Waals surface area contributed by atoms with Gasteiger partial charge in [0.25, 0.3) is 5.91 Å². The Labute approximate surface area is 222 Å². The molecule has 0 aromatic carbocycles. The molecular formula is C24H29ClN6O5S. The second kappa shape index (κ2) is 10.8. The largest absolute Gasteiger partial charge is 0.415 e. The number of β-amino-alcohol motifs (C(OH)–C–C–N with tert-alkyl or cyclic N) is 1. The highest BCUT2D eigenvalue weighted by atomic mass is 35.5. The maximum Gasteiger partial charge on any atom is 0.415 e. The average Bonchev–Trinajstić information content (AvgIpc) is 3.58. The molecule has 3 aromatic heterocycles. The van der Waals surface area contributed by atoms with Crippen LogP contribution in [0.5, 0.6) is 6.01 Å². The van der Waals surface area contributed by atoms with Crippen molar-refractivity contribution < 1.29 is 24.0 Å². The summed E-state index contributed by atoms with van der Waals surface area (Å²) in [6, 6.07) is 5.84. The van der Waals surface area contributed by atoms with Crippen molar-refractivity contribution in [2.45, 2.75) is 51.4 Å². The smallest absolute Gasteiger partial charge is 0.389 e. The number of ether oxygens (including phenoxy) is 1. The van der Waals surface area contributed by atoms with Gasteiger partial charge in [-0.05, 0) is 38.8 Å². The minimum Gasteiger partial charge on any atom is -0.389 e. The number of aliphatic hydroxyl groups is 1. The normalized spacial score (nSPS) is 17.3. The summed E-state index contributed by atoms with van der Waals surface area (Å²) < 4.78 is 13.2. The lowest BCUT2D eigenvalue weighted by molar-refractivity contribution is 0.00551. The number of carbonyl (C=O) groups is 2. The molecule has 0 unspecified atom stereocenters. The van der Waals surface area contributed by atoms with Gasteiger partial charge >= 0.3 is 12.1 Å². The summed E-state index contributed by atoms with van der Waals surface area (Å²) in [5.41, 5.74) is 0.676. The number of piperidine rings is 1. The summed E-state index contributed by atoms with van der Waals surface area (Å²) in [5.74, 6) is 0.218. The first kappa shape index (κ1) is 25.7. The first-order valence-corrected chi connectivity index (χ1v) is 13.4. The van der Waals surface area contributed by atoms with Gasteiger partial charge in [0.1, 0.15) is 11.4 Å². The number of carbonyl (C=O) groups excluding carboxylic acids is 2. The van der Waals surface area contributed by atoms with Crippen molar-refractivity contribution in [3.8, 4) is 16.6 Å². The van der Waals surface area contributed by atoms with Crippen LogP contribution in [0.25, 0.3) is 10.6 Å². The number of imidazole rings is 1. The lowest BCUT2D eigenvalue weighted by Crippen LogP contribution is -2.53. The molecule has 2 aliphatic heterocycles. The fourth-order valence-corrected chi connectivity index (χ4v) is 5.43. The molecule has 11 nitrogen and oxygen atoms in total. The van der Waals surface area contributed by atoms with Crippen LogP contribution in [0.3, 0.4) is 0 Å². The molecule has 2 saturated heterocycles. The first-order chi connectivity index (χ1) is 17.7. The van der Waals surface area contributed by atoms with Crippen LogP contribution in [0.2, 0.25) is 4.34 Å². The van der Waals surface area contributed by atoms with Crippen molar-refractivity contribution in [1.82, 2.24) is 29.8 Å². The van der Waals surface area contributed by atoms with E-state index < -0.39 is 12.2 Å². The second-order valence-corrected chi connectivity index (χ2v) is 11.3. The van der Waals surface area contributed by atoms with Crippen LogP contribution in [-0.4, -0.2) is 86.0 Å². The van der Waals surface area contributed by atoms with E-state index >= 15 is 0 Å². The Morgan fingerprint density at radius 3 is 2.70 bits per heavy atom. The number of amides is 2. The van der Waals surface area contributed by atoms with Crippen LogP contribution in [-0.2, 0) is 6.54 Å². The highest BCUT2D eigenvalue weighted by molar-refractivity contribution is 7.19. The van der Waals surface area contributed by atoms with Crippen LogP contribution in [0.15, 0.2) is 28.9 Å². The molecule has 0 saturated carbocycles. The number of thiophene rings is 1. The average molecular weight is 549 g/mol. The Kier molecular flexibility index (Phi) is 7.52. The van der Waals surface area contributed by atoms with Crippen LogP contribution >= 0.6 is 22.9 Å². The third-order valence-corrected chi connectivity index (χ3v) is 7.83. The predicted molar refractivity (Wildman–Crippen MR) is 137 cm³/mol. The highest BCUT2D eigenvalue weighted by Gasteiger charge is 2.32. The zero-order chi connectivity index (χ0) is 26.1. The number of hydrogen-bond donors (Lipinski definition) is 2. The van der Waals surface area contributed by atoms with Gasteiger partial charge in [-0.15, -0.1) is 11.3 Å². The van der Waals surface area contributed by atoms with Crippen molar-refractivity contribution in [2.24, 2.45) is 0 Å². The van der Waals surface area contributed by atoms with Gasteiger partial charge in [0.15, 0.2) is 5.76 Å². The number of nitrogens with zero attached hydrogens (tertiary/aromatic N) is 5. The monoisotopic (exact) mass is 548 g/mol. The van der Waals surface area contributed by atoms with Gasteiger partial charge in [0.2, 0.25) is 0 Å². The van der Waals surface area contributed by atoms with Crippen molar-refractivity contribution in [3.05, 3.63) is 40.1 Å². The molecule has 0 radical (unpaired) electrons. The van der Waals surface area contributed by atoms with Crippen LogP contribution in [0.4, 0.5) is 4.79 Å². The number of halogens is 1. The molecule has 0 spiro atoms. The van der Waals surface area contributed by atoms with E-state index in [0.29, 0.717) is 21.8 Å². The zero-order valence-electron chi connectivity index (χ0n) is 20.6. The third-order valence-electron chi connectivity index (χ3n) is 6.58. The summed E-state index contributed by atoms with van der Waals surface area (Å²) in [6.45, 7) is 6.79. The number of rotatable bonds is 7. The predicted octanol–water partition coefficient (Wildman–Crippen LogP) is 3.08. The van der Waals surface area contributed by atoms with Gasteiger partial charge in [-0.1, -0.05) is 16.8 Å². The molecule has 0 aliphatic carbocycles. The minimum atomic E-state index is -0.623. The van der Waals surface area contributed by atoms with E-state index in [2.05, 4.69) is 34.2 Å². The standard InChI is InChI=1S/C24H29ClN6O5S/c1-14(2)29-7-5-15(6-8-29)26-24(34)35-23-27-18(22(33)30-11-17(32)12-30)13-31(23)10-16-9-19(36-28-16)20-3-4-21(25)37-20/h3-4,9,13-15,17,32H,5-8,10-12H2,1-2H3,(H,26,34). The van der Waals surface area contributed by atoms with E-state index in [-0.39, 0.29) is 43.3 Å². The molecule has 2 amide bonds. The van der Waals surface area contributed by atoms with Crippen molar-refractivity contribution >= 4 is 34.9 Å². The summed E-state index contributed by atoms with van der Waals surface area (Å²) in [6.07, 6.45) is 2.03. The molecule has 2 fully saturated rings. The number of likely N-dealkylation sites (tertiary alicyclic amines) is 2. The molecular weight excluding hydrogens is 520 g/mol. The number of hydrogen-bond acceptors (Lipinski definition) is 9. The molecule has 5 rings (SSSR count). The molecule has 2 aliphatic rings. The summed E-state index contributed by atoms with van der Waals surface area (Å²) in [5, 5.41) is 16.6. The van der Waals surface area contributed by atoms with E-state index in [1.807, 2.05) is 6.07 Å². The summed E-state index contributed by atoms with van der Waals surface area (Å²) in [7, 11) is 0. The van der Waals surface area contributed by atoms with E-state index in [9.17, 15) is 14.7 Å². The Morgan fingerprint density at radius 1 is 1.30 bits per heavy atom. The lowest BCUT2D eigenvalue weighted by atomic mass is 10.0. The Balaban J connectivity index is 1.29. The third kappa shape index (κ3) is 5.98. The van der Waals surface area contributed by atoms with Gasteiger partial charge in [-0.25, -0.2) is 4.79 Å². The second-order valence-electron chi connectivity index (χ2n) is 9.62. The lowest BCUT2D eigenvalue weighted by Gasteiger charge is -2.35. The quantitative estimate of drug-likeness (QED) is 0.461. The Hall–Kier alpha value is -2.93. The zero-order valence-corrected chi connectivity index (χ0v) is 22.2. The first-order valence-electron chi connectivity index (χ1n) is 12.2. The van der Waals surface area contributed by atoms with Gasteiger partial charge in [0.05, 0.1) is 21.9 Å². The molecule has 37 heavy (non-hydrogen) atoms. The van der Waals surface area contributed by atoms with Crippen molar-refractivity contribution in [2.75, 3.05) is 26.2 Å². The van der Waals surface area contributed by atoms with E-state index in [1.165, 1.54) is 22.4 Å². The molecule has 0 bridgehead atoms. The Bertz CT molecular complexity index is 1260. The maximum atomic E-state index is 12.8. The van der Waals surface area contributed by atoms with Crippen molar-refractivity contribution in [1.29, 1.82) is 0 Å². The molecule has 13 heteroatoms. The van der Waals surface area contributed by atoms with Crippen molar-refractivity contribution in [3.63, 3.8) is 0 Å². The van der Waals surface area contributed by atoms with E-state index in [1.54, 1.807) is 16.7 Å². The van der Waals surface area contributed by atoms with Crippen LogP contribution < -0.4 is 10.1 Å². The molecule has 0 atom stereocenters.